The SMILES string of the molecule is Cn1c2c(c3ccc(-n4ccc(-c5ccc(C(F)(F)F)cn5)cc4=O)cc31)CN(C(=O)O)CCC2. The second-order valence-corrected chi connectivity index (χ2v) is 8.55. The Bertz CT molecular complexity index is 1500. The van der Waals surface area contributed by atoms with Crippen LogP contribution in [0.2, 0.25) is 0 Å². The van der Waals surface area contributed by atoms with E-state index in [0.29, 0.717) is 24.3 Å². The lowest BCUT2D eigenvalue weighted by Gasteiger charge is -2.16. The zero-order valence-corrected chi connectivity index (χ0v) is 18.7. The number of aromatic nitrogens is 3. The number of benzene rings is 1. The third-order valence-electron chi connectivity index (χ3n) is 6.47. The van der Waals surface area contributed by atoms with Crippen LogP contribution in [-0.2, 0) is 26.2 Å². The van der Waals surface area contributed by atoms with E-state index in [0.717, 1.165) is 47.3 Å². The minimum Gasteiger partial charge on any atom is -0.465 e. The first-order chi connectivity index (χ1) is 16.6. The molecule has 5 rings (SSSR count). The summed E-state index contributed by atoms with van der Waals surface area (Å²) in [7, 11) is 1.93. The average molecular weight is 482 g/mol. The Balaban J connectivity index is 1.51. The molecule has 0 fully saturated rings. The number of fused-ring (bicyclic) bond motifs is 3. The van der Waals surface area contributed by atoms with Crippen molar-refractivity contribution in [3.05, 3.63) is 82.0 Å². The van der Waals surface area contributed by atoms with Crippen LogP contribution in [0.1, 0.15) is 23.2 Å². The quantitative estimate of drug-likeness (QED) is 0.444. The second-order valence-electron chi connectivity index (χ2n) is 8.55. The zero-order valence-electron chi connectivity index (χ0n) is 18.7. The van der Waals surface area contributed by atoms with Crippen LogP contribution >= 0.6 is 0 Å². The van der Waals surface area contributed by atoms with Crippen molar-refractivity contribution in [3.63, 3.8) is 0 Å². The van der Waals surface area contributed by atoms with E-state index in [4.69, 9.17) is 0 Å². The molecule has 4 aromatic rings. The summed E-state index contributed by atoms with van der Waals surface area (Å²) in [6.45, 7) is 0.801. The Morgan fingerprint density at radius 3 is 2.57 bits per heavy atom. The molecule has 7 nitrogen and oxygen atoms in total. The van der Waals surface area contributed by atoms with Gasteiger partial charge in [0.05, 0.1) is 29.0 Å². The highest BCUT2D eigenvalue weighted by Gasteiger charge is 2.30. The summed E-state index contributed by atoms with van der Waals surface area (Å²) >= 11 is 0. The number of hydrogen-bond donors (Lipinski definition) is 1. The second kappa shape index (κ2) is 8.30. The number of pyridine rings is 2. The molecule has 1 amide bonds. The van der Waals surface area contributed by atoms with Crippen molar-refractivity contribution in [2.45, 2.75) is 25.6 Å². The van der Waals surface area contributed by atoms with Crippen molar-refractivity contribution in [2.75, 3.05) is 6.54 Å². The van der Waals surface area contributed by atoms with Gasteiger partial charge in [0.25, 0.3) is 5.56 Å². The van der Waals surface area contributed by atoms with Crippen LogP contribution in [0.5, 0.6) is 0 Å². The molecule has 1 aromatic carbocycles. The molecular formula is C25H21F3N4O3. The van der Waals surface area contributed by atoms with Gasteiger partial charge in [0.1, 0.15) is 0 Å². The van der Waals surface area contributed by atoms with Gasteiger partial charge in [-0.05, 0) is 43.2 Å². The fraction of sp³-hybridized carbons (Fsp3) is 0.240. The standard InChI is InChI=1S/C25H21F3N4O3/c1-30-21-3-2-9-31(24(34)35)14-19(21)18-6-5-17(12-22(18)30)32-10-8-15(11-23(32)33)20-7-4-16(13-29-20)25(26,27)28/h4-8,10-13H,2-3,9,14H2,1H3,(H,34,35). The summed E-state index contributed by atoms with van der Waals surface area (Å²) in [6, 6.07) is 10.7. The third kappa shape index (κ3) is 4.05. The largest absolute Gasteiger partial charge is 0.465 e. The third-order valence-corrected chi connectivity index (χ3v) is 6.47. The summed E-state index contributed by atoms with van der Waals surface area (Å²) in [5, 5.41) is 10.4. The van der Waals surface area contributed by atoms with Gasteiger partial charge in [0.2, 0.25) is 0 Å². The van der Waals surface area contributed by atoms with Gasteiger partial charge in [0.15, 0.2) is 0 Å². The van der Waals surface area contributed by atoms with Gasteiger partial charge in [-0.1, -0.05) is 6.07 Å². The maximum atomic E-state index is 12.9. The fourth-order valence-electron chi connectivity index (χ4n) is 4.66. The van der Waals surface area contributed by atoms with Gasteiger partial charge >= 0.3 is 12.3 Å². The first-order valence-electron chi connectivity index (χ1n) is 11.0. The van der Waals surface area contributed by atoms with Gasteiger partial charge in [-0.15, -0.1) is 0 Å². The molecule has 180 valence electrons. The number of rotatable bonds is 2. The van der Waals surface area contributed by atoms with Crippen molar-refractivity contribution in [1.82, 2.24) is 19.0 Å². The highest BCUT2D eigenvalue weighted by molar-refractivity contribution is 5.87. The highest BCUT2D eigenvalue weighted by Crippen LogP contribution is 2.32. The summed E-state index contributed by atoms with van der Waals surface area (Å²) in [5.74, 6) is 0. The van der Waals surface area contributed by atoms with Crippen LogP contribution in [0.3, 0.4) is 0 Å². The van der Waals surface area contributed by atoms with Crippen LogP contribution < -0.4 is 5.56 Å². The molecule has 0 aliphatic carbocycles. The molecular weight excluding hydrogens is 461 g/mol. The Hall–Kier alpha value is -4.08. The number of halogens is 3. The lowest BCUT2D eigenvalue weighted by molar-refractivity contribution is -0.137. The average Bonchev–Trinajstić information content (AvgIpc) is 2.97. The maximum absolute atomic E-state index is 12.9. The Kier molecular flexibility index (Phi) is 5.38. The predicted octanol–water partition coefficient (Wildman–Crippen LogP) is 4.84. The van der Waals surface area contributed by atoms with Crippen LogP contribution in [0.4, 0.5) is 18.0 Å². The smallest absolute Gasteiger partial charge is 0.417 e. The Morgan fingerprint density at radius 1 is 1.11 bits per heavy atom. The van der Waals surface area contributed by atoms with Crippen molar-refractivity contribution >= 4 is 17.0 Å². The number of hydrogen-bond acceptors (Lipinski definition) is 3. The zero-order chi connectivity index (χ0) is 24.9. The number of carboxylic acid groups (broad SMARTS) is 1. The first-order valence-corrected chi connectivity index (χ1v) is 11.0. The molecule has 1 aliphatic rings. The number of carbonyl (C=O) groups is 1. The molecule has 0 spiro atoms. The van der Waals surface area contributed by atoms with E-state index in [1.54, 1.807) is 18.3 Å². The predicted molar refractivity (Wildman–Crippen MR) is 124 cm³/mol. The fourth-order valence-corrected chi connectivity index (χ4v) is 4.66. The van der Waals surface area contributed by atoms with E-state index in [1.807, 2.05) is 23.7 Å². The van der Waals surface area contributed by atoms with Crippen molar-refractivity contribution in [3.8, 4) is 16.9 Å². The number of aryl methyl sites for hydroxylation is 1. The molecule has 10 heteroatoms. The van der Waals surface area contributed by atoms with E-state index in [-0.39, 0.29) is 11.3 Å². The summed E-state index contributed by atoms with van der Waals surface area (Å²) < 4.78 is 41.9. The molecule has 4 heterocycles. The van der Waals surface area contributed by atoms with Crippen LogP contribution in [0.15, 0.2) is 59.7 Å². The lowest BCUT2D eigenvalue weighted by Crippen LogP contribution is -2.28. The molecule has 0 saturated heterocycles. The minimum atomic E-state index is -4.48. The van der Waals surface area contributed by atoms with Crippen LogP contribution in [-0.4, -0.2) is 36.8 Å². The summed E-state index contributed by atoms with van der Waals surface area (Å²) in [5.41, 5.74) is 3.06. The van der Waals surface area contributed by atoms with Crippen molar-refractivity contribution in [1.29, 1.82) is 0 Å². The molecule has 0 bridgehead atoms. The Labute approximate surface area is 197 Å². The molecule has 0 radical (unpaired) electrons. The lowest BCUT2D eigenvalue weighted by atomic mass is 10.1. The summed E-state index contributed by atoms with van der Waals surface area (Å²) in [6.07, 6.45) is -1.61. The molecule has 0 atom stereocenters. The van der Waals surface area contributed by atoms with Gasteiger partial charge in [-0.2, -0.15) is 13.2 Å². The molecule has 1 N–H and O–H groups in total. The number of alkyl halides is 3. The molecule has 3 aromatic heterocycles. The molecule has 0 saturated carbocycles. The van der Waals surface area contributed by atoms with Crippen LogP contribution in [0, 0.1) is 0 Å². The topological polar surface area (TPSA) is 80.4 Å². The minimum absolute atomic E-state index is 0.270. The first kappa shape index (κ1) is 22.7. The number of amides is 1. The summed E-state index contributed by atoms with van der Waals surface area (Å²) in [4.78, 5) is 29.7. The van der Waals surface area contributed by atoms with E-state index in [1.165, 1.54) is 21.6 Å². The van der Waals surface area contributed by atoms with E-state index in [2.05, 4.69) is 4.98 Å². The number of nitrogens with zero attached hydrogens (tertiary/aromatic N) is 4. The molecule has 1 aliphatic heterocycles. The van der Waals surface area contributed by atoms with Crippen LogP contribution in [0.25, 0.3) is 27.8 Å². The molecule has 35 heavy (non-hydrogen) atoms. The van der Waals surface area contributed by atoms with Gasteiger partial charge < -0.3 is 14.6 Å². The van der Waals surface area contributed by atoms with E-state index < -0.39 is 17.8 Å². The van der Waals surface area contributed by atoms with Gasteiger partial charge in [-0.3, -0.25) is 14.3 Å². The van der Waals surface area contributed by atoms with Crippen molar-refractivity contribution < 1.29 is 23.1 Å². The highest BCUT2D eigenvalue weighted by atomic mass is 19.4. The molecule has 0 unspecified atom stereocenters. The Morgan fingerprint density at radius 2 is 1.91 bits per heavy atom. The van der Waals surface area contributed by atoms with Gasteiger partial charge in [0, 0.05) is 54.3 Å². The monoisotopic (exact) mass is 482 g/mol. The normalized spacial score (nSPS) is 14.1. The van der Waals surface area contributed by atoms with Crippen molar-refractivity contribution in [2.24, 2.45) is 7.05 Å². The van der Waals surface area contributed by atoms with Gasteiger partial charge in [-0.25, -0.2) is 4.79 Å². The van der Waals surface area contributed by atoms with E-state index in [9.17, 15) is 27.9 Å². The maximum Gasteiger partial charge on any atom is 0.417 e. The van der Waals surface area contributed by atoms with E-state index >= 15 is 0 Å².